The Morgan fingerprint density at radius 3 is 2.29 bits per heavy atom. The first-order valence-corrected chi connectivity index (χ1v) is 9.30. The van der Waals surface area contributed by atoms with Crippen LogP contribution in [0.15, 0.2) is 53.4 Å². The van der Waals surface area contributed by atoms with Gasteiger partial charge in [-0.25, -0.2) is 8.42 Å². The van der Waals surface area contributed by atoms with E-state index in [2.05, 4.69) is 5.32 Å². The Kier molecular flexibility index (Phi) is 8.25. The van der Waals surface area contributed by atoms with Gasteiger partial charge in [-0.15, -0.1) is 0 Å². The molecule has 6 N–H and O–H groups in total. The first kappa shape index (κ1) is 20.0. The number of sulfone groups is 1. The van der Waals surface area contributed by atoms with E-state index in [-0.39, 0.29) is 17.3 Å². The normalized spacial score (nSPS) is 10.6. The molecule has 0 aliphatic rings. The van der Waals surface area contributed by atoms with E-state index in [1.807, 2.05) is 25.1 Å². The maximum Gasteiger partial charge on any atom is 0.184 e. The molecule has 132 valence electrons. The summed E-state index contributed by atoms with van der Waals surface area (Å²) in [7, 11) is -3.43. The molecule has 2 aromatic carbocycles. The molecule has 0 saturated heterocycles. The highest BCUT2D eigenvalue weighted by molar-refractivity contribution is 7.90. The molecule has 0 radical (unpaired) electrons. The maximum atomic E-state index is 12.6. The number of anilines is 2. The highest BCUT2D eigenvalue weighted by Crippen LogP contribution is 2.27. The number of nitrogens with two attached hydrogens (primary N) is 2. The van der Waals surface area contributed by atoms with Gasteiger partial charge in [-0.1, -0.05) is 30.3 Å². The van der Waals surface area contributed by atoms with Gasteiger partial charge >= 0.3 is 0 Å². The van der Waals surface area contributed by atoms with Crippen molar-refractivity contribution >= 4 is 21.2 Å². The van der Waals surface area contributed by atoms with Crippen molar-refractivity contribution in [1.82, 2.24) is 0 Å². The molecule has 2 rings (SSSR count). The molecule has 24 heavy (non-hydrogen) atoms. The molecule has 0 aliphatic heterocycles. The van der Waals surface area contributed by atoms with Gasteiger partial charge in [-0.3, -0.25) is 0 Å². The van der Waals surface area contributed by atoms with E-state index < -0.39 is 9.84 Å². The van der Waals surface area contributed by atoms with Crippen LogP contribution in [0, 0.1) is 0 Å². The van der Waals surface area contributed by atoms with Crippen LogP contribution in [0.5, 0.6) is 0 Å². The Balaban J connectivity index is 0.000000648. The van der Waals surface area contributed by atoms with Gasteiger partial charge in [-0.2, -0.15) is 0 Å². The zero-order valence-electron chi connectivity index (χ0n) is 13.8. The number of nitrogens with one attached hydrogen (secondary N) is 1. The van der Waals surface area contributed by atoms with E-state index >= 15 is 0 Å². The third kappa shape index (κ3) is 6.19. The summed E-state index contributed by atoms with van der Waals surface area (Å²) >= 11 is 0. The summed E-state index contributed by atoms with van der Waals surface area (Å²) in [6.07, 6.45) is 0. The minimum Gasteiger partial charge on any atom is -0.399 e. The molecule has 0 amide bonds. The molecule has 0 aliphatic carbocycles. The number of hydrogen-bond donors (Lipinski definition) is 4. The molecule has 6 nitrogen and oxygen atoms in total. The van der Waals surface area contributed by atoms with Crippen LogP contribution in [0.4, 0.5) is 11.4 Å². The van der Waals surface area contributed by atoms with Crippen LogP contribution in [0.3, 0.4) is 0 Å². The van der Waals surface area contributed by atoms with Crippen molar-refractivity contribution in [3.8, 4) is 0 Å². The molecular weight excluding hydrogens is 326 g/mol. The Morgan fingerprint density at radius 1 is 1.12 bits per heavy atom. The van der Waals surface area contributed by atoms with Gasteiger partial charge in [0.05, 0.1) is 22.9 Å². The van der Waals surface area contributed by atoms with Crippen LogP contribution in [-0.2, 0) is 15.6 Å². The second kappa shape index (κ2) is 9.92. The van der Waals surface area contributed by atoms with Gasteiger partial charge in [0, 0.05) is 18.8 Å². The van der Waals surface area contributed by atoms with E-state index in [0.29, 0.717) is 24.5 Å². The van der Waals surface area contributed by atoms with Crippen molar-refractivity contribution in [3.05, 3.63) is 54.1 Å². The number of benzene rings is 2. The number of rotatable bonds is 6. The molecule has 0 saturated carbocycles. The zero-order valence-corrected chi connectivity index (χ0v) is 14.6. The van der Waals surface area contributed by atoms with Gasteiger partial charge < -0.3 is 21.9 Å². The highest BCUT2D eigenvalue weighted by atomic mass is 32.2. The molecule has 0 spiro atoms. The summed E-state index contributed by atoms with van der Waals surface area (Å²) in [5, 5.41) is 10.8. The number of nitrogen functional groups attached to an aromatic ring is 1. The summed E-state index contributed by atoms with van der Waals surface area (Å²) < 4.78 is 25.1. The van der Waals surface area contributed by atoms with Crippen LogP contribution >= 0.6 is 0 Å². The quantitative estimate of drug-likeness (QED) is 0.587. The largest absolute Gasteiger partial charge is 0.399 e. The van der Waals surface area contributed by atoms with Gasteiger partial charge in [0.2, 0.25) is 0 Å². The first-order valence-electron chi connectivity index (χ1n) is 7.65. The third-order valence-corrected chi connectivity index (χ3v) is 4.76. The number of aliphatic hydroxyl groups is 1. The predicted molar refractivity (Wildman–Crippen MR) is 98.5 cm³/mol. The molecule has 0 heterocycles. The SMILES string of the molecule is CCNc1ccc(N)cc1S(=O)(=O)Cc1ccccc1.NCCO. The lowest BCUT2D eigenvalue weighted by Crippen LogP contribution is -2.10. The zero-order chi connectivity index (χ0) is 18.0. The lowest BCUT2D eigenvalue weighted by atomic mass is 10.2. The van der Waals surface area contributed by atoms with Crippen LogP contribution in [-0.4, -0.2) is 33.2 Å². The average molecular weight is 351 g/mol. The Hall–Kier alpha value is -2.09. The molecular formula is C17H25N3O3S. The fraction of sp³-hybridized carbons (Fsp3) is 0.294. The van der Waals surface area contributed by atoms with E-state index in [0.717, 1.165) is 5.56 Å². The first-order chi connectivity index (χ1) is 11.4. The summed E-state index contributed by atoms with van der Waals surface area (Å²) in [4.78, 5) is 0.253. The van der Waals surface area contributed by atoms with E-state index in [1.165, 1.54) is 6.07 Å². The lowest BCUT2D eigenvalue weighted by Gasteiger charge is -2.12. The van der Waals surface area contributed by atoms with E-state index in [4.69, 9.17) is 16.6 Å². The van der Waals surface area contributed by atoms with E-state index in [1.54, 1.807) is 24.3 Å². The molecule has 2 aromatic rings. The Bertz CT molecular complexity index is 717. The summed E-state index contributed by atoms with van der Waals surface area (Å²) in [6, 6.07) is 14.0. The van der Waals surface area contributed by atoms with Gasteiger partial charge in [0.15, 0.2) is 9.84 Å². The van der Waals surface area contributed by atoms with Crippen molar-refractivity contribution in [1.29, 1.82) is 0 Å². The Morgan fingerprint density at radius 2 is 1.75 bits per heavy atom. The number of hydrogen-bond acceptors (Lipinski definition) is 6. The van der Waals surface area contributed by atoms with Crippen molar-refractivity contribution in [2.24, 2.45) is 5.73 Å². The minimum absolute atomic E-state index is 0.0321. The number of aliphatic hydroxyl groups excluding tert-OH is 1. The van der Waals surface area contributed by atoms with Crippen LogP contribution in [0.1, 0.15) is 12.5 Å². The maximum absolute atomic E-state index is 12.6. The molecule has 0 unspecified atom stereocenters. The topological polar surface area (TPSA) is 118 Å². The van der Waals surface area contributed by atoms with Crippen LogP contribution < -0.4 is 16.8 Å². The lowest BCUT2D eigenvalue weighted by molar-refractivity contribution is 0.306. The third-order valence-electron chi connectivity index (χ3n) is 3.04. The minimum atomic E-state index is -3.43. The Labute approximate surface area is 143 Å². The highest BCUT2D eigenvalue weighted by Gasteiger charge is 2.19. The van der Waals surface area contributed by atoms with Crippen LogP contribution in [0.25, 0.3) is 0 Å². The summed E-state index contributed by atoms with van der Waals surface area (Å²) in [5.41, 5.74) is 12.3. The van der Waals surface area contributed by atoms with E-state index in [9.17, 15) is 8.42 Å². The second-order valence-electron chi connectivity index (χ2n) is 5.04. The molecule has 0 fully saturated rings. The molecule has 7 heteroatoms. The average Bonchev–Trinajstić information content (AvgIpc) is 2.57. The molecule has 0 bridgehead atoms. The second-order valence-corrected chi connectivity index (χ2v) is 7.00. The monoisotopic (exact) mass is 351 g/mol. The fourth-order valence-corrected chi connectivity index (χ4v) is 3.58. The summed E-state index contributed by atoms with van der Waals surface area (Å²) in [5.74, 6) is -0.0321. The molecule has 0 atom stereocenters. The van der Waals surface area contributed by atoms with Gasteiger partial charge in [0.1, 0.15) is 0 Å². The van der Waals surface area contributed by atoms with Crippen molar-refractivity contribution in [2.75, 3.05) is 30.7 Å². The van der Waals surface area contributed by atoms with Gasteiger partial charge in [0.25, 0.3) is 0 Å². The standard InChI is InChI=1S/C15H18N2O2S.C2H7NO/c1-2-17-14-9-8-13(16)10-15(14)20(18,19)11-12-6-4-3-5-7-12;3-1-2-4/h3-10,17H,2,11,16H2,1H3;4H,1-3H2. The van der Waals surface area contributed by atoms with Crippen molar-refractivity contribution in [2.45, 2.75) is 17.6 Å². The summed E-state index contributed by atoms with van der Waals surface area (Å²) in [6.45, 7) is 3.04. The van der Waals surface area contributed by atoms with Gasteiger partial charge in [-0.05, 0) is 30.7 Å². The molecule has 0 aromatic heterocycles. The van der Waals surface area contributed by atoms with Crippen molar-refractivity contribution in [3.63, 3.8) is 0 Å². The fourth-order valence-electron chi connectivity index (χ4n) is 2.00. The van der Waals surface area contributed by atoms with Crippen LogP contribution in [0.2, 0.25) is 0 Å². The van der Waals surface area contributed by atoms with Crippen molar-refractivity contribution < 1.29 is 13.5 Å². The smallest absolute Gasteiger partial charge is 0.184 e. The predicted octanol–water partition coefficient (Wildman–Crippen LogP) is 1.61.